The summed E-state index contributed by atoms with van der Waals surface area (Å²) in [5, 5.41) is 6.55. The molecule has 1 fully saturated rings. The van der Waals surface area contributed by atoms with E-state index in [1.54, 1.807) is 0 Å². The molecule has 1 rings (SSSR count). The Hall–Kier alpha value is -0.610. The second-order valence-electron chi connectivity index (χ2n) is 5.86. The van der Waals surface area contributed by atoms with Crippen molar-refractivity contribution in [3.63, 3.8) is 0 Å². The zero-order chi connectivity index (χ0) is 14.3. The summed E-state index contributed by atoms with van der Waals surface area (Å²) in [6.45, 7) is 12.2. The van der Waals surface area contributed by atoms with Gasteiger partial charge in [-0.15, -0.1) is 0 Å². The molecule has 0 aromatic rings. The molecule has 4 nitrogen and oxygen atoms in total. The third kappa shape index (κ3) is 5.91. The number of carbonyl (C=O) groups is 1. The van der Waals surface area contributed by atoms with E-state index in [0.717, 1.165) is 26.1 Å². The predicted molar refractivity (Wildman–Crippen MR) is 80.2 cm³/mol. The summed E-state index contributed by atoms with van der Waals surface area (Å²) in [6.07, 6.45) is 3.47. The van der Waals surface area contributed by atoms with Crippen molar-refractivity contribution in [2.75, 3.05) is 26.2 Å². The van der Waals surface area contributed by atoms with E-state index in [-0.39, 0.29) is 11.9 Å². The van der Waals surface area contributed by atoms with E-state index >= 15 is 0 Å². The van der Waals surface area contributed by atoms with Gasteiger partial charge in [0.05, 0.1) is 6.54 Å². The number of piperidine rings is 1. The Balaban J connectivity index is 2.36. The normalized spacial score (nSPS) is 23.9. The number of carbonyl (C=O) groups excluding carboxylic acids is 1. The summed E-state index contributed by atoms with van der Waals surface area (Å²) in [5.41, 5.74) is 0. The van der Waals surface area contributed by atoms with Crippen LogP contribution in [0.15, 0.2) is 0 Å². The SMILES string of the molecule is CCNC(C)C1CCCN(CC(=O)NC(C)CC)C1. The molecule has 3 atom stereocenters. The fourth-order valence-corrected chi connectivity index (χ4v) is 2.76. The molecule has 0 aliphatic carbocycles. The fraction of sp³-hybridized carbons (Fsp3) is 0.933. The molecule has 0 saturated carbocycles. The maximum Gasteiger partial charge on any atom is 0.234 e. The van der Waals surface area contributed by atoms with Crippen molar-refractivity contribution in [2.24, 2.45) is 5.92 Å². The second kappa shape index (κ2) is 8.54. The highest BCUT2D eigenvalue weighted by atomic mass is 16.2. The Morgan fingerprint density at radius 3 is 2.74 bits per heavy atom. The summed E-state index contributed by atoms with van der Waals surface area (Å²) in [5.74, 6) is 0.844. The Bertz CT molecular complexity index is 270. The highest BCUT2D eigenvalue weighted by molar-refractivity contribution is 5.78. The average molecular weight is 269 g/mol. The number of hydrogen-bond donors (Lipinski definition) is 2. The minimum Gasteiger partial charge on any atom is -0.353 e. The van der Waals surface area contributed by atoms with Gasteiger partial charge in [0.2, 0.25) is 5.91 Å². The van der Waals surface area contributed by atoms with Crippen molar-refractivity contribution in [3.8, 4) is 0 Å². The molecular weight excluding hydrogens is 238 g/mol. The number of hydrogen-bond acceptors (Lipinski definition) is 3. The van der Waals surface area contributed by atoms with Crippen molar-refractivity contribution >= 4 is 5.91 Å². The Morgan fingerprint density at radius 1 is 1.37 bits per heavy atom. The van der Waals surface area contributed by atoms with Crippen LogP contribution in [0.5, 0.6) is 0 Å². The van der Waals surface area contributed by atoms with Crippen molar-refractivity contribution in [2.45, 2.75) is 59.0 Å². The molecule has 0 radical (unpaired) electrons. The Kier molecular flexibility index (Phi) is 7.39. The van der Waals surface area contributed by atoms with Crippen molar-refractivity contribution < 1.29 is 4.79 Å². The highest BCUT2D eigenvalue weighted by Gasteiger charge is 2.25. The first-order valence-electron chi connectivity index (χ1n) is 7.81. The molecule has 1 heterocycles. The number of likely N-dealkylation sites (tertiary alicyclic amines) is 1. The van der Waals surface area contributed by atoms with E-state index < -0.39 is 0 Å². The van der Waals surface area contributed by atoms with Crippen molar-refractivity contribution in [3.05, 3.63) is 0 Å². The molecule has 4 heteroatoms. The molecule has 3 unspecified atom stereocenters. The van der Waals surface area contributed by atoms with Gasteiger partial charge in [-0.1, -0.05) is 13.8 Å². The summed E-state index contributed by atoms with van der Waals surface area (Å²) in [7, 11) is 0. The zero-order valence-electron chi connectivity index (χ0n) is 13.0. The fourth-order valence-electron chi connectivity index (χ4n) is 2.76. The molecule has 0 aromatic heterocycles. The van der Waals surface area contributed by atoms with Gasteiger partial charge in [0.25, 0.3) is 0 Å². The Morgan fingerprint density at radius 2 is 2.11 bits per heavy atom. The van der Waals surface area contributed by atoms with Crippen LogP contribution in [0.3, 0.4) is 0 Å². The minimum atomic E-state index is 0.172. The van der Waals surface area contributed by atoms with E-state index in [2.05, 4.69) is 43.2 Å². The van der Waals surface area contributed by atoms with E-state index in [0.29, 0.717) is 18.5 Å². The van der Waals surface area contributed by atoms with Gasteiger partial charge in [-0.25, -0.2) is 0 Å². The molecule has 0 aromatic carbocycles. The number of nitrogens with zero attached hydrogens (tertiary/aromatic N) is 1. The van der Waals surface area contributed by atoms with Crippen LogP contribution in [0.1, 0.15) is 47.0 Å². The van der Waals surface area contributed by atoms with Gasteiger partial charge in [0.15, 0.2) is 0 Å². The average Bonchev–Trinajstić information content (AvgIpc) is 2.39. The first-order valence-corrected chi connectivity index (χ1v) is 7.81. The van der Waals surface area contributed by atoms with Gasteiger partial charge in [-0.05, 0) is 52.1 Å². The van der Waals surface area contributed by atoms with Gasteiger partial charge in [-0.3, -0.25) is 9.69 Å². The topological polar surface area (TPSA) is 44.4 Å². The monoisotopic (exact) mass is 269 g/mol. The first-order chi connectivity index (χ1) is 9.06. The summed E-state index contributed by atoms with van der Waals surface area (Å²) < 4.78 is 0. The Labute approximate surface area is 118 Å². The quantitative estimate of drug-likeness (QED) is 0.738. The van der Waals surface area contributed by atoms with E-state index in [1.165, 1.54) is 12.8 Å². The van der Waals surface area contributed by atoms with E-state index in [9.17, 15) is 4.79 Å². The molecule has 1 aliphatic rings. The van der Waals surface area contributed by atoms with Crippen molar-refractivity contribution in [1.29, 1.82) is 0 Å². The van der Waals surface area contributed by atoms with Gasteiger partial charge in [-0.2, -0.15) is 0 Å². The van der Waals surface area contributed by atoms with E-state index in [1.807, 2.05) is 0 Å². The second-order valence-corrected chi connectivity index (χ2v) is 5.86. The number of nitrogens with one attached hydrogen (secondary N) is 2. The molecule has 1 saturated heterocycles. The third-order valence-electron chi connectivity index (χ3n) is 4.16. The lowest BCUT2D eigenvalue weighted by Crippen LogP contribution is -2.48. The molecule has 0 spiro atoms. The lowest BCUT2D eigenvalue weighted by molar-refractivity contribution is -0.123. The van der Waals surface area contributed by atoms with Crippen LogP contribution in [0.2, 0.25) is 0 Å². The highest BCUT2D eigenvalue weighted by Crippen LogP contribution is 2.19. The van der Waals surface area contributed by atoms with Gasteiger partial charge in [0, 0.05) is 18.6 Å². The summed E-state index contributed by atoms with van der Waals surface area (Å²) in [4.78, 5) is 14.2. The minimum absolute atomic E-state index is 0.172. The maximum absolute atomic E-state index is 11.9. The van der Waals surface area contributed by atoms with Crippen LogP contribution in [-0.4, -0.2) is 49.1 Å². The largest absolute Gasteiger partial charge is 0.353 e. The zero-order valence-corrected chi connectivity index (χ0v) is 13.0. The maximum atomic E-state index is 11.9. The third-order valence-corrected chi connectivity index (χ3v) is 4.16. The predicted octanol–water partition coefficient (Wildman–Crippen LogP) is 1.61. The van der Waals surface area contributed by atoms with Crippen LogP contribution in [-0.2, 0) is 4.79 Å². The van der Waals surface area contributed by atoms with Crippen LogP contribution in [0, 0.1) is 5.92 Å². The molecule has 112 valence electrons. The molecule has 2 N–H and O–H groups in total. The van der Waals surface area contributed by atoms with Gasteiger partial charge < -0.3 is 10.6 Å². The first kappa shape index (κ1) is 16.4. The number of amides is 1. The van der Waals surface area contributed by atoms with Crippen LogP contribution >= 0.6 is 0 Å². The number of rotatable bonds is 7. The van der Waals surface area contributed by atoms with Gasteiger partial charge >= 0.3 is 0 Å². The summed E-state index contributed by atoms with van der Waals surface area (Å²) in [6, 6.07) is 0.833. The molecular formula is C15H31N3O. The van der Waals surface area contributed by atoms with Crippen LogP contribution < -0.4 is 10.6 Å². The van der Waals surface area contributed by atoms with E-state index in [4.69, 9.17) is 0 Å². The molecule has 1 aliphatic heterocycles. The lowest BCUT2D eigenvalue weighted by Gasteiger charge is -2.35. The lowest BCUT2D eigenvalue weighted by atomic mass is 9.91. The smallest absolute Gasteiger partial charge is 0.234 e. The molecule has 0 bridgehead atoms. The molecule has 19 heavy (non-hydrogen) atoms. The standard InChI is InChI=1S/C15H31N3O/c1-5-12(3)17-15(19)11-18-9-7-8-14(10-18)13(4)16-6-2/h12-14,16H,5-11H2,1-4H3,(H,17,19). The van der Waals surface area contributed by atoms with Crippen LogP contribution in [0.25, 0.3) is 0 Å². The molecule has 1 amide bonds. The van der Waals surface area contributed by atoms with Gasteiger partial charge in [0.1, 0.15) is 0 Å². The van der Waals surface area contributed by atoms with Crippen molar-refractivity contribution in [1.82, 2.24) is 15.5 Å². The summed E-state index contributed by atoms with van der Waals surface area (Å²) >= 11 is 0. The van der Waals surface area contributed by atoms with Crippen LogP contribution in [0.4, 0.5) is 0 Å².